The van der Waals surface area contributed by atoms with E-state index in [1.807, 2.05) is 12.1 Å². The molecule has 31 heavy (non-hydrogen) atoms. The molecule has 0 aliphatic rings. The molecule has 0 fully saturated rings. The number of Topliss-reactive ketones (excluding diaryl/α,β-unsaturated/α-hetero) is 1. The normalized spacial score (nSPS) is 11.8. The van der Waals surface area contributed by atoms with Crippen molar-refractivity contribution in [1.29, 1.82) is 0 Å². The van der Waals surface area contributed by atoms with Gasteiger partial charge in [0.05, 0.1) is 18.6 Å². The molecular formula is C23H34N2O5S. The fourth-order valence-corrected chi connectivity index (χ4v) is 4.91. The van der Waals surface area contributed by atoms with Gasteiger partial charge in [0.1, 0.15) is 23.0 Å². The van der Waals surface area contributed by atoms with Crippen molar-refractivity contribution in [3.8, 4) is 17.2 Å². The van der Waals surface area contributed by atoms with E-state index in [9.17, 15) is 13.2 Å². The highest BCUT2D eigenvalue weighted by atomic mass is 32.2. The number of oxazole rings is 1. The molecular weight excluding hydrogens is 416 g/mol. The van der Waals surface area contributed by atoms with Crippen LogP contribution in [0.4, 0.5) is 0 Å². The van der Waals surface area contributed by atoms with Gasteiger partial charge < -0.3 is 14.1 Å². The summed E-state index contributed by atoms with van der Waals surface area (Å²) in [5, 5.41) is 0. The number of carbonyl (C=O) groups is 1. The molecule has 0 saturated heterocycles. The van der Waals surface area contributed by atoms with Crippen LogP contribution in [0.15, 0.2) is 28.7 Å². The summed E-state index contributed by atoms with van der Waals surface area (Å²) in [5.74, 6) is 0.403. The molecule has 0 aliphatic carbocycles. The molecule has 2 rings (SSSR count). The molecule has 0 radical (unpaired) electrons. The van der Waals surface area contributed by atoms with Crippen LogP contribution < -0.4 is 4.74 Å². The number of benzene rings is 1. The van der Waals surface area contributed by atoms with Crippen LogP contribution in [-0.4, -0.2) is 56.6 Å². The van der Waals surface area contributed by atoms with Gasteiger partial charge in [0.2, 0.25) is 5.89 Å². The van der Waals surface area contributed by atoms with E-state index in [-0.39, 0.29) is 18.0 Å². The highest BCUT2D eigenvalue weighted by Gasteiger charge is 2.22. The smallest absolute Gasteiger partial charge is 0.226 e. The largest absolute Gasteiger partial charge is 0.497 e. The molecule has 0 saturated carbocycles. The summed E-state index contributed by atoms with van der Waals surface area (Å²) < 4.78 is 36.0. The lowest BCUT2D eigenvalue weighted by atomic mass is 10.2. The van der Waals surface area contributed by atoms with Gasteiger partial charge in [0.25, 0.3) is 0 Å². The maximum Gasteiger partial charge on any atom is 0.226 e. The minimum atomic E-state index is -3.62. The van der Waals surface area contributed by atoms with Gasteiger partial charge in [-0.15, -0.1) is 0 Å². The maximum atomic E-state index is 12.6. The average Bonchev–Trinajstić information content (AvgIpc) is 3.07. The fraction of sp³-hybridized carbons (Fsp3) is 0.565. The fourth-order valence-electron chi connectivity index (χ4n) is 3.49. The summed E-state index contributed by atoms with van der Waals surface area (Å²) in [6, 6.07) is 7.20. The molecule has 1 aromatic heterocycles. The Balaban J connectivity index is 1.94. The molecule has 172 valence electrons. The maximum absolute atomic E-state index is 12.6. The molecule has 0 aliphatic heterocycles. The third-order valence-corrected chi connectivity index (χ3v) is 6.43. The van der Waals surface area contributed by atoms with E-state index in [1.54, 1.807) is 26.2 Å². The first-order valence-electron chi connectivity index (χ1n) is 10.8. The van der Waals surface area contributed by atoms with E-state index in [1.165, 1.54) is 0 Å². The average molecular weight is 451 g/mol. The molecule has 0 atom stereocenters. The monoisotopic (exact) mass is 450 g/mol. The van der Waals surface area contributed by atoms with E-state index in [0.29, 0.717) is 35.1 Å². The Morgan fingerprint density at radius 1 is 1.16 bits per heavy atom. The van der Waals surface area contributed by atoms with Gasteiger partial charge >= 0.3 is 0 Å². The van der Waals surface area contributed by atoms with Crippen molar-refractivity contribution >= 4 is 15.6 Å². The van der Waals surface area contributed by atoms with E-state index < -0.39 is 15.6 Å². The summed E-state index contributed by atoms with van der Waals surface area (Å²) >= 11 is 0. The predicted molar refractivity (Wildman–Crippen MR) is 122 cm³/mol. The topological polar surface area (TPSA) is 89.7 Å². The molecule has 0 spiro atoms. The second-order valence-electron chi connectivity index (χ2n) is 7.77. The Hall–Kier alpha value is -2.19. The van der Waals surface area contributed by atoms with E-state index in [0.717, 1.165) is 32.5 Å². The lowest BCUT2D eigenvalue weighted by molar-refractivity contribution is -0.116. The summed E-state index contributed by atoms with van der Waals surface area (Å²) in [7, 11) is -2.05. The van der Waals surface area contributed by atoms with E-state index in [4.69, 9.17) is 9.15 Å². The van der Waals surface area contributed by atoms with Gasteiger partial charge in [-0.3, -0.25) is 4.79 Å². The number of sulfone groups is 1. The summed E-state index contributed by atoms with van der Waals surface area (Å²) in [5.41, 5.74) is 1.04. The second kappa shape index (κ2) is 12.0. The number of aryl methyl sites for hydroxylation is 1. The van der Waals surface area contributed by atoms with Crippen molar-refractivity contribution in [2.24, 2.45) is 0 Å². The number of ketones is 1. The zero-order chi connectivity index (χ0) is 22.9. The number of ether oxygens (including phenoxy) is 1. The third-order valence-electron chi connectivity index (χ3n) is 4.96. The number of carbonyl (C=O) groups excluding carboxylic acids is 1. The molecule has 0 amide bonds. The summed E-state index contributed by atoms with van der Waals surface area (Å²) in [4.78, 5) is 18.9. The Morgan fingerprint density at radius 3 is 2.52 bits per heavy atom. The molecule has 1 aromatic carbocycles. The number of hydrogen-bond acceptors (Lipinski definition) is 7. The van der Waals surface area contributed by atoms with E-state index >= 15 is 0 Å². The van der Waals surface area contributed by atoms with Crippen LogP contribution in [0, 0.1) is 6.92 Å². The number of aromatic nitrogens is 1. The lowest BCUT2D eigenvalue weighted by Gasteiger charge is -2.20. The highest BCUT2D eigenvalue weighted by molar-refractivity contribution is 7.91. The van der Waals surface area contributed by atoms with Crippen molar-refractivity contribution in [3.63, 3.8) is 0 Å². The van der Waals surface area contributed by atoms with Crippen LogP contribution in [0.3, 0.4) is 0 Å². The number of methoxy groups -OCH3 is 1. The van der Waals surface area contributed by atoms with Gasteiger partial charge in [-0.25, -0.2) is 13.4 Å². The Morgan fingerprint density at radius 2 is 1.87 bits per heavy atom. The summed E-state index contributed by atoms with van der Waals surface area (Å²) in [6.07, 6.45) is 3.08. The van der Waals surface area contributed by atoms with Gasteiger partial charge in [-0.1, -0.05) is 19.9 Å². The highest BCUT2D eigenvalue weighted by Crippen LogP contribution is 2.26. The molecule has 0 unspecified atom stereocenters. The van der Waals surface area contributed by atoms with Gasteiger partial charge in [-0.05, 0) is 64.0 Å². The van der Waals surface area contributed by atoms with Crippen molar-refractivity contribution in [3.05, 3.63) is 35.7 Å². The van der Waals surface area contributed by atoms with E-state index in [2.05, 4.69) is 23.7 Å². The quantitative estimate of drug-likeness (QED) is 0.429. The minimum Gasteiger partial charge on any atom is -0.497 e. The second-order valence-corrected chi connectivity index (χ2v) is 9.83. The first-order chi connectivity index (χ1) is 14.8. The van der Waals surface area contributed by atoms with Crippen LogP contribution in [0.1, 0.15) is 51.0 Å². The Bertz CT molecular complexity index is 947. The third kappa shape index (κ3) is 8.10. The van der Waals surface area contributed by atoms with Gasteiger partial charge in [0.15, 0.2) is 9.84 Å². The van der Waals surface area contributed by atoms with Crippen LogP contribution in [0.5, 0.6) is 5.75 Å². The lowest BCUT2D eigenvalue weighted by Crippen LogP contribution is -2.27. The van der Waals surface area contributed by atoms with Crippen molar-refractivity contribution in [2.75, 3.05) is 32.5 Å². The zero-order valence-corrected chi connectivity index (χ0v) is 19.8. The first-order valence-corrected chi connectivity index (χ1v) is 12.6. The molecule has 0 bridgehead atoms. The van der Waals surface area contributed by atoms with Crippen molar-refractivity contribution < 1.29 is 22.4 Å². The van der Waals surface area contributed by atoms with Gasteiger partial charge in [0, 0.05) is 12.0 Å². The van der Waals surface area contributed by atoms with Crippen LogP contribution in [0.25, 0.3) is 11.5 Å². The predicted octanol–water partition coefficient (Wildman–Crippen LogP) is 4.04. The first kappa shape index (κ1) is 25.1. The van der Waals surface area contributed by atoms with Crippen LogP contribution in [-0.2, 0) is 20.4 Å². The van der Waals surface area contributed by atoms with Gasteiger partial charge in [-0.2, -0.15) is 0 Å². The zero-order valence-electron chi connectivity index (χ0n) is 19.0. The Labute approximate surface area is 185 Å². The Kier molecular flexibility index (Phi) is 9.71. The molecule has 1 heterocycles. The van der Waals surface area contributed by atoms with Crippen molar-refractivity contribution in [2.45, 2.75) is 52.2 Å². The minimum absolute atomic E-state index is 0.248. The molecule has 0 N–H and O–H groups in total. The SMILES string of the molecule is CCCN(CCC)CCCC(=O)CS(=O)(=O)Cc1nc(-c2cccc(OC)c2)oc1C. The molecule has 2 aromatic rings. The molecule has 8 heteroatoms. The number of rotatable bonds is 14. The van der Waals surface area contributed by atoms with Crippen molar-refractivity contribution in [1.82, 2.24) is 9.88 Å². The van der Waals surface area contributed by atoms with Crippen LogP contribution >= 0.6 is 0 Å². The summed E-state index contributed by atoms with van der Waals surface area (Å²) in [6.45, 7) is 8.76. The number of nitrogens with zero attached hydrogens (tertiary/aromatic N) is 2. The van der Waals surface area contributed by atoms with Crippen LogP contribution in [0.2, 0.25) is 0 Å². The molecule has 7 nitrogen and oxygen atoms in total. The number of hydrogen-bond donors (Lipinski definition) is 0. The standard InChI is InChI=1S/C23H34N2O5S/c1-5-12-25(13-6-2)14-8-10-20(26)16-31(27,28)17-22-18(3)30-23(24-22)19-9-7-11-21(15-19)29-4/h7,9,11,15H,5-6,8,10,12-14,16-17H2,1-4H3.